The van der Waals surface area contributed by atoms with Gasteiger partial charge in [-0.2, -0.15) is 0 Å². The Labute approximate surface area is 151 Å². The summed E-state index contributed by atoms with van der Waals surface area (Å²) in [6.45, 7) is 0.239. The standard InChI is InChI=1S/C15H15F3N6O3/c1-23-8-19-22-13(23)21-14(26)20-11-5-6-24(12(11)25)9-3-2-4-10(7-9)27-15(16,17)18/h2-4,7-8,11H,5-6H2,1H3,(H2,20,21,22,26). The van der Waals surface area contributed by atoms with Gasteiger partial charge in [-0.25, -0.2) is 4.79 Å². The molecule has 3 amide bonds. The molecule has 3 rings (SSSR count). The molecule has 0 spiro atoms. The maximum atomic E-state index is 12.5. The lowest BCUT2D eigenvalue weighted by Crippen LogP contribution is -2.43. The molecule has 1 unspecified atom stereocenters. The zero-order valence-corrected chi connectivity index (χ0v) is 14.0. The van der Waals surface area contributed by atoms with Gasteiger partial charge >= 0.3 is 12.4 Å². The summed E-state index contributed by atoms with van der Waals surface area (Å²) in [5, 5.41) is 12.3. The molecule has 1 fully saturated rings. The third-order valence-electron chi connectivity index (χ3n) is 3.81. The molecule has 2 N–H and O–H groups in total. The zero-order valence-electron chi connectivity index (χ0n) is 14.0. The number of hydrogen-bond acceptors (Lipinski definition) is 5. The van der Waals surface area contributed by atoms with E-state index in [0.717, 1.165) is 12.1 Å². The summed E-state index contributed by atoms with van der Waals surface area (Å²) < 4.78 is 42.4. The van der Waals surface area contributed by atoms with E-state index in [-0.39, 0.29) is 18.2 Å². The van der Waals surface area contributed by atoms with Crippen molar-refractivity contribution < 1.29 is 27.5 Å². The fourth-order valence-electron chi connectivity index (χ4n) is 2.61. The monoisotopic (exact) mass is 384 g/mol. The Hall–Kier alpha value is -3.31. The smallest absolute Gasteiger partial charge is 0.406 e. The summed E-state index contributed by atoms with van der Waals surface area (Å²) in [4.78, 5) is 25.8. The largest absolute Gasteiger partial charge is 0.573 e. The van der Waals surface area contributed by atoms with Crippen molar-refractivity contribution in [1.82, 2.24) is 20.1 Å². The molecule has 144 valence electrons. The van der Waals surface area contributed by atoms with E-state index >= 15 is 0 Å². The molecular weight excluding hydrogens is 369 g/mol. The molecule has 0 radical (unpaired) electrons. The van der Waals surface area contributed by atoms with Crippen LogP contribution in [0, 0.1) is 0 Å². The van der Waals surface area contributed by atoms with Gasteiger partial charge in [0.15, 0.2) is 0 Å². The van der Waals surface area contributed by atoms with Gasteiger partial charge in [-0.15, -0.1) is 23.4 Å². The normalized spacial score (nSPS) is 17.1. The van der Waals surface area contributed by atoms with Crippen LogP contribution in [0.2, 0.25) is 0 Å². The van der Waals surface area contributed by atoms with Crippen LogP contribution in [0.5, 0.6) is 5.75 Å². The molecule has 1 aliphatic rings. The van der Waals surface area contributed by atoms with Crippen LogP contribution in [0.25, 0.3) is 0 Å². The maximum absolute atomic E-state index is 12.5. The molecule has 0 saturated carbocycles. The van der Waals surface area contributed by atoms with E-state index in [1.807, 2.05) is 0 Å². The Balaban J connectivity index is 1.64. The van der Waals surface area contributed by atoms with E-state index in [2.05, 4.69) is 25.6 Å². The fourth-order valence-corrected chi connectivity index (χ4v) is 2.61. The summed E-state index contributed by atoms with van der Waals surface area (Å²) in [6.07, 6.45) is -3.13. The number of aryl methyl sites for hydroxylation is 1. The minimum atomic E-state index is -4.82. The van der Waals surface area contributed by atoms with Gasteiger partial charge in [-0.1, -0.05) is 6.07 Å². The Morgan fingerprint density at radius 1 is 1.37 bits per heavy atom. The Bertz CT molecular complexity index is 853. The van der Waals surface area contributed by atoms with Crippen LogP contribution in [0.4, 0.5) is 29.6 Å². The van der Waals surface area contributed by atoms with Crippen LogP contribution in [0.15, 0.2) is 30.6 Å². The maximum Gasteiger partial charge on any atom is 0.573 e. The molecule has 1 aromatic carbocycles. The van der Waals surface area contributed by atoms with Gasteiger partial charge in [0.25, 0.3) is 0 Å². The quantitative estimate of drug-likeness (QED) is 0.835. The number of carbonyl (C=O) groups excluding carboxylic acids is 2. The fraction of sp³-hybridized carbons (Fsp3) is 0.333. The predicted molar refractivity (Wildman–Crippen MR) is 87.0 cm³/mol. The Kier molecular flexibility index (Phi) is 4.88. The summed E-state index contributed by atoms with van der Waals surface area (Å²) in [6, 6.07) is 3.65. The molecule has 1 aliphatic heterocycles. The second kappa shape index (κ2) is 7.13. The van der Waals surface area contributed by atoms with Gasteiger partial charge in [-0.05, 0) is 18.6 Å². The lowest BCUT2D eigenvalue weighted by molar-refractivity contribution is -0.274. The van der Waals surface area contributed by atoms with Gasteiger partial charge in [0.1, 0.15) is 18.1 Å². The molecule has 2 aromatic rings. The highest BCUT2D eigenvalue weighted by Crippen LogP contribution is 2.29. The van der Waals surface area contributed by atoms with Crippen molar-refractivity contribution in [1.29, 1.82) is 0 Å². The number of benzene rings is 1. The summed E-state index contributed by atoms with van der Waals surface area (Å²) in [5.41, 5.74) is 0.250. The molecule has 1 atom stereocenters. The molecule has 27 heavy (non-hydrogen) atoms. The topological polar surface area (TPSA) is 101 Å². The minimum absolute atomic E-state index is 0.201. The first-order valence-electron chi connectivity index (χ1n) is 7.81. The number of carbonyl (C=O) groups is 2. The van der Waals surface area contributed by atoms with E-state index < -0.39 is 30.1 Å². The number of anilines is 2. The molecule has 2 heterocycles. The van der Waals surface area contributed by atoms with Crippen LogP contribution in [-0.2, 0) is 11.8 Å². The Morgan fingerprint density at radius 2 is 2.15 bits per heavy atom. The van der Waals surface area contributed by atoms with Crippen LogP contribution in [0.1, 0.15) is 6.42 Å². The van der Waals surface area contributed by atoms with E-state index in [9.17, 15) is 22.8 Å². The molecule has 1 aromatic heterocycles. The predicted octanol–water partition coefficient (Wildman–Crippen LogP) is 1.64. The number of amides is 3. The highest BCUT2D eigenvalue weighted by atomic mass is 19.4. The van der Waals surface area contributed by atoms with Crippen molar-refractivity contribution in [2.75, 3.05) is 16.8 Å². The van der Waals surface area contributed by atoms with E-state index in [1.54, 1.807) is 7.05 Å². The third kappa shape index (κ3) is 4.46. The first kappa shape index (κ1) is 18.5. The van der Waals surface area contributed by atoms with Gasteiger partial charge in [0, 0.05) is 25.3 Å². The second-order valence-electron chi connectivity index (χ2n) is 5.74. The number of aromatic nitrogens is 3. The number of nitrogens with one attached hydrogen (secondary N) is 2. The van der Waals surface area contributed by atoms with E-state index in [1.165, 1.54) is 27.9 Å². The number of hydrogen-bond donors (Lipinski definition) is 2. The van der Waals surface area contributed by atoms with Crippen molar-refractivity contribution in [3.63, 3.8) is 0 Å². The average molecular weight is 384 g/mol. The Morgan fingerprint density at radius 3 is 2.81 bits per heavy atom. The highest BCUT2D eigenvalue weighted by molar-refractivity contribution is 6.02. The van der Waals surface area contributed by atoms with Crippen molar-refractivity contribution in [2.45, 2.75) is 18.8 Å². The lowest BCUT2D eigenvalue weighted by Gasteiger charge is -2.18. The number of urea groups is 1. The van der Waals surface area contributed by atoms with Crippen LogP contribution in [0.3, 0.4) is 0 Å². The summed E-state index contributed by atoms with van der Waals surface area (Å²) in [5.74, 6) is -0.664. The zero-order chi connectivity index (χ0) is 19.6. The van der Waals surface area contributed by atoms with Gasteiger partial charge in [-0.3, -0.25) is 10.1 Å². The van der Waals surface area contributed by atoms with Gasteiger partial charge in [0.2, 0.25) is 11.9 Å². The summed E-state index contributed by atoms with van der Waals surface area (Å²) >= 11 is 0. The number of alkyl halides is 3. The summed E-state index contributed by atoms with van der Waals surface area (Å²) in [7, 11) is 1.63. The van der Waals surface area contributed by atoms with Crippen LogP contribution in [-0.4, -0.2) is 45.7 Å². The van der Waals surface area contributed by atoms with Crippen molar-refractivity contribution in [3.05, 3.63) is 30.6 Å². The lowest BCUT2D eigenvalue weighted by atomic mass is 10.2. The van der Waals surface area contributed by atoms with Crippen molar-refractivity contribution in [2.24, 2.45) is 7.05 Å². The van der Waals surface area contributed by atoms with Crippen LogP contribution < -0.4 is 20.3 Å². The molecular formula is C15H15F3N6O3. The average Bonchev–Trinajstić information content (AvgIpc) is 3.13. The molecule has 1 saturated heterocycles. The van der Waals surface area contributed by atoms with Crippen molar-refractivity contribution >= 4 is 23.6 Å². The SMILES string of the molecule is Cn1cnnc1NC(=O)NC1CCN(c2cccc(OC(F)(F)F)c2)C1=O. The minimum Gasteiger partial charge on any atom is -0.406 e. The highest BCUT2D eigenvalue weighted by Gasteiger charge is 2.35. The number of halogens is 3. The van der Waals surface area contributed by atoms with Gasteiger partial charge in [0.05, 0.1) is 0 Å². The third-order valence-corrected chi connectivity index (χ3v) is 3.81. The van der Waals surface area contributed by atoms with Gasteiger partial charge < -0.3 is 19.5 Å². The van der Waals surface area contributed by atoms with Crippen LogP contribution >= 0.6 is 0 Å². The number of ether oxygens (including phenoxy) is 1. The molecule has 12 heteroatoms. The second-order valence-corrected chi connectivity index (χ2v) is 5.74. The number of rotatable bonds is 4. The van der Waals surface area contributed by atoms with E-state index in [0.29, 0.717) is 6.42 Å². The van der Waals surface area contributed by atoms with Crippen molar-refractivity contribution in [3.8, 4) is 5.75 Å². The number of nitrogens with zero attached hydrogens (tertiary/aromatic N) is 4. The molecule has 0 bridgehead atoms. The molecule has 9 nitrogen and oxygen atoms in total. The van der Waals surface area contributed by atoms with E-state index in [4.69, 9.17) is 0 Å². The first-order valence-corrected chi connectivity index (χ1v) is 7.81. The molecule has 0 aliphatic carbocycles. The first-order chi connectivity index (χ1) is 12.7.